The normalized spacial score (nSPS) is 23.3. The van der Waals surface area contributed by atoms with Gasteiger partial charge in [-0.05, 0) is 110 Å². The van der Waals surface area contributed by atoms with Gasteiger partial charge in [-0.1, -0.05) is 0 Å². The molecule has 7 heterocycles. The monoisotopic (exact) mass is 822 g/mol. The van der Waals surface area contributed by atoms with Gasteiger partial charge in [0.05, 0.1) is 28.6 Å². The summed E-state index contributed by atoms with van der Waals surface area (Å²) in [7, 11) is 0. The highest BCUT2D eigenvalue weighted by atomic mass is 19.4. The lowest BCUT2D eigenvalue weighted by atomic mass is 9.76. The molecule has 9 rings (SSSR count). The third-order valence-electron chi connectivity index (χ3n) is 13.7. The predicted octanol–water partition coefficient (Wildman–Crippen LogP) is 5.13. The van der Waals surface area contributed by atoms with Crippen LogP contribution < -0.4 is 15.1 Å². The molecule has 4 saturated heterocycles. The zero-order chi connectivity index (χ0) is 42.1. The van der Waals surface area contributed by atoms with Crippen LogP contribution in [-0.2, 0) is 28.9 Å². The summed E-state index contributed by atoms with van der Waals surface area (Å²) in [5, 5.41) is 11.4. The van der Waals surface area contributed by atoms with Crippen LogP contribution in [0.3, 0.4) is 0 Å². The fourth-order valence-electron chi connectivity index (χ4n) is 10.4. The molecule has 3 aromatic rings. The molecule has 16 heteroatoms. The van der Waals surface area contributed by atoms with Crippen molar-refractivity contribution in [1.82, 2.24) is 25.0 Å². The van der Waals surface area contributed by atoms with E-state index in [1.165, 1.54) is 6.20 Å². The van der Waals surface area contributed by atoms with Gasteiger partial charge < -0.3 is 14.7 Å². The number of fused-ring (bicyclic) bond motifs is 2. The van der Waals surface area contributed by atoms with Gasteiger partial charge in [0.1, 0.15) is 12.1 Å². The number of imide groups is 2. The van der Waals surface area contributed by atoms with Gasteiger partial charge in [-0.25, -0.2) is 4.98 Å². The zero-order valence-corrected chi connectivity index (χ0v) is 33.3. The van der Waals surface area contributed by atoms with Crippen LogP contribution in [0, 0.1) is 22.7 Å². The summed E-state index contributed by atoms with van der Waals surface area (Å²) in [6.07, 6.45) is 1.27. The lowest BCUT2D eigenvalue weighted by Gasteiger charge is -2.40. The van der Waals surface area contributed by atoms with Crippen molar-refractivity contribution < 1.29 is 37.1 Å². The Kier molecular flexibility index (Phi) is 9.92. The maximum atomic E-state index is 13.7. The van der Waals surface area contributed by atoms with E-state index in [-0.39, 0.29) is 30.2 Å². The summed E-state index contributed by atoms with van der Waals surface area (Å²) in [5.74, 6) is -1.63. The molecule has 0 saturated carbocycles. The largest absolute Gasteiger partial charge is 0.419 e. The summed E-state index contributed by atoms with van der Waals surface area (Å²) in [5.41, 5.74) is 3.00. The molecule has 0 aliphatic carbocycles. The summed E-state index contributed by atoms with van der Waals surface area (Å²) >= 11 is 0. The minimum Gasteiger partial charge on any atom is -0.371 e. The van der Waals surface area contributed by atoms with Gasteiger partial charge in [-0.3, -0.25) is 39.1 Å². The maximum Gasteiger partial charge on any atom is 0.419 e. The van der Waals surface area contributed by atoms with E-state index < -0.39 is 47.1 Å². The minimum atomic E-state index is -4.66. The SMILES string of the molecule is C[C@H]1CC2(CCN(c3ccc(C(=O)N4CCC(CN5Cc6cc7c(cc6C5)C(=O)N(C5CCC(=O)NC5=O)C7=O)CC4)cc3)CC2)CN1c1cnc(C#N)c(C(F)(F)F)c1. The van der Waals surface area contributed by atoms with Crippen LogP contribution in [-0.4, -0.2) is 101 Å². The van der Waals surface area contributed by atoms with Crippen LogP contribution in [0.5, 0.6) is 0 Å². The van der Waals surface area contributed by atoms with Crippen molar-refractivity contribution in [2.45, 2.75) is 83.2 Å². The van der Waals surface area contributed by atoms with E-state index in [1.54, 1.807) is 18.2 Å². The number of likely N-dealkylation sites (tertiary alicyclic amines) is 1. The first-order valence-corrected chi connectivity index (χ1v) is 20.7. The molecule has 4 fully saturated rings. The molecule has 6 aliphatic heterocycles. The Hall–Kier alpha value is -5.82. The van der Waals surface area contributed by atoms with Crippen molar-refractivity contribution >= 4 is 40.9 Å². The Morgan fingerprint density at radius 1 is 0.917 bits per heavy atom. The third kappa shape index (κ3) is 7.16. The van der Waals surface area contributed by atoms with Gasteiger partial charge in [-0.15, -0.1) is 0 Å². The second kappa shape index (κ2) is 15.0. The number of alkyl halides is 3. The van der Waals surface area contributed by atoms with Gasteiger partial charge in [0.15, 0.2) is 5.69 Å². The van der Waals surface area contributed by atoms with E-state index in [1.807, 2.05) is 41.0 Å². The second-order valence-electron chi connectivity index (χ2n) is 17.4. The van der Waals surface area contributed by atoms with Gasteiger partial charge in [-0.2, -0.15) is 18.4 Å². The fraction of sp³-hybridized carbons (Fsp3) is 0.477. The lowest BCUT2D eigenvalue weighted by molar-refractivity contribution is -0.138. The molecule has 0 radical (unpaired) electrons. The van der Waals surface area contributed by atoms with Crippen molar-refractivity contribution in [3.63, 3.8) is 0 Å². The number of aromatic nitrogens is 1. The Bertz CT molecular complexity index is 2280. The number of amides is 5. The molecule has 312 valence electrons. The van der Waals surface area contributed by atoms with Gasteiger partial charge >= 0.3 is 6.18 Å². The molecule has 1 spiro atoms. The first-order chi connectivity index (χ1) is 28.7. The van der Waals surface area contributed by atoms with Crippen LogP contribution in [0.25, 0.3) is 0 Å². The van der Waals surface area contributed by atoms with E-state index in [0.29, 0.717) is 61.0 Å². The number of nitrogens with zero attached hydrogens (tertiary/aromatic N) is 7. The number of carbonyl (C=O) groups is 5. The number of pyridine rings is 1. The number of anilines is 2. The number of rotatable bonds is 6. The summed E-state index contributed by atoms with van der Waals surface area (Å²) in [4.78, 5) is 77.6. The molecule has 1 aromatic heterocycles. The zero-order valence-electron chi connectivity index (χ0n) is 33.3. The smallest absolute Gasteiger partial charge is 0.371 e. The highest BCUT2D eigenvalue weighted by Gasteiger charge is 2.47. The standard InChI is InChI=1S/C44H45F3N8O5/c1-26-19-43(25-54(26)32-18-35(44(45,46)47)36(20-48)49-21-32)10-14-52(15-11-43)31-4-2-28(3-5-31)40(58)53-12-8-27(9-13-53)22-51-23-29-16-33-34(17-30(29)24-51)42(60)55(41(33)59)37-6-7-38(56)50-39(37)57/h2-5,16-18,21,26-27,37H,6-15,19,22-25H2,1H3,(H,50,56,57)/t26-,37?/m0/s1. The van der Waals surface area contributed by atoms with Crippen molar-refractivity contribution in [1.29, 1.82) is 5.26 Å². The molecular formula is C44H45F3N8O5. The van der Waals surface area contributed by atoms with E-state index in [0.717, 1.165) is 79.5 Å². The Morgan fingerprint density at radius 2 is 1.57 bits per heavy atom. The van der Waals surface area contributed by atoms with Crippen molar-refractivity contribution in [2.75, 3.05) is 49.1 Å². The van der Waals surface area contributed by atoms with E-state index in [9.17, 15) is 37.1 Å². The van der Waals surface area contributed by atoms with Gasteiger partial charge in [0.2, 0.25) is 11.8 Å². The summed E-state index contributed by atoms with van der Waals surface area (Å²) < 4.78 is 41.0. The van der Waals surface area contributed by atoms with Crippen molar-refractivity contribution in [3.05, 3.63) is 87.7 Å². The van der Waals surface area contributed by atoms with E-state index in [4.69, 9.17) is 5.26 Å². The molecule has 1 unspecified atom stereocenters. The fourth-order valence-corrected chi connectivity index (χ4v) is 10.4. The number of nitrogens with one attached hydrogen (secondary N) is 1. The molecule has 5 amide bonds. The molecule has 6 aliphatic rings. The predicted molar refractivity (Wildman–Crippen MR) is 212 cm³/mol. The Labute approximate surface area is 345 Å². The van der Waals surface area contributed by atoms with Crippen LogP contribution >= 0.6 is 0 Å². The molecule has 1 N–H and O–H groups in total. The molecule has 2 aromatic carbocycles. The van der Waals surface area contributed by atoms with Crippen LogP contribution in [0.4, 0.5) is 24.5 Å². The summed E-state index contributed by atoms with van der Waals surface area (Å²) in [6.45, 7) is 7.68. The average Bonchev–Trinajstić information content (AvgIpc) is 3.86. The number of hydrogen-bond acceptors (Lipinski definition) is 10. The molecular weight excluding hydrogens is 778 g/mol. The number of benzene rings is 2. The average molecular weight is 823 g/mol. The maximum absolute atomic E-state index is 13.7. The number of piperidine rings is 3. The van der Waals surface area contributed by atoms with E-state index in [2.05, 4.69) is 20.1 Å². The number of hydrogen-bond donors (Lipinski definition) is 1. The van der Waals surface area contributed by atoms with Crippen LogP contribution in [0.15, 0.2) is 48.7 Å². The number of halogens is 3. The highest BCUT2D eigenvalue weighted by Crippen LogP contribution is 2.46. The Balaban J connectivity index is 0.747. The van der Waals surface area contributed by atoms with Crippen LogP contribution in [0.1, 0.15) is 105 Å². The van der Waals surface area contributed by atoms with E-state index >= 15 is 0 Å². The molecule has 13 nitrogen and oxygen atoms in total. The lowest BCUT2D eigenvalue weighted by Crippen LogP contribution is -2.54. The Morgan fingerprint density at radius 3 is 2.17 bits per heavy atom. The highest BCUT2D eigenvalue weighted by molar-refractivity contribution is 6.23. The molecule has 2 atom stereocenters. The first kappa shape index (κ1) is 39.6. The minimum absolute atomic E-state index is 0.00684. The third-order valence-corrected chi connectivity index (χ3v) is 13.7. The summed E-state index contributed by atoms with van der Waals surface area (Å²) in [6, 6.07) is 13.0. The quantitative estimate of drug-likeness (QED) is 0.332. The topological polar surface area (TPSA) is 150 Å². The molecule has 0 bridgehead atoms. The number of nitriles is 1. The first-order valence-electron chi connectivity index (χ1n) is 20.7. The molecule has 60 heavy (non-hydrogen) atoms. The van der Waals surface area contributed by atoms with Crippen LogP contribution in [0.2, 0.25) is 0 Å². The van der Waals surface area contributed by atoms with Gasteiger partial charge in [0, 0.05) is 76.1 Å². The van der Waals surface area contributed by atoms with Gasteiger partial charge in [0.25, 0.3) is 17.7 Å². The van der Waals surface area contributed by atoms with Crippen molar-refractivity contribution in [3.8, 4) is 6.07 Å². The van der Waals surface area contributed by atoms with Crippen molar-refractivity contribution in [2.24, 2.45) is 11.3 Å². The second-order valence-corrected chi connectivity index (χ2v) is 17.4. The number of carbonyl (C=O) groups excluding carboxylic acids is 5.